The summed E-state index contributed by atoms with van der Waals surface area (Å²) >= 11 is 6.13. The zero-order valence-electron chi connectivity index (χ0n) is 15.9. The molecule has 1 saturated heterocycles. The maximum atomic E-state index is 12.6. The number of piperazine rings is 1. The van der Waals surface area contributed by atoms with Gasteiger partial charge in [-0.1, -0.05) is 23.7 Å². The van der Waals surface area contributed by atoms with Crippen molar-refractivity contribution in [3.05, 3.63) is 53.1 Å². The fourth-order valence-electron chi connectivity index (χ4n) is 3.44. The summed E-state index contributed by atoms with van der Waals surface area (Å²) in [6.07, 6.45) is 0. The van der Waals surface area contributed by atoms with Crippen molar-refractivity contribution in [2.45, 2.75) is 0 Å². The smallest absolute Gasteiger partial charge is 0.255 e. The van der Waals surface area contributed by atoms with E-state index in [4.69, 9.17) is 21.1 Å². The molecule has 7 nitrogen and oxygen atoms in total. The molecule has 2 amide bonds. The van der Waals surface area contributed by atoms with Crippen molar-refractivity contribution in [3.8, 4) is 11.5 Å². The summed E-state index contributed by atoms with van der Waals surface area (Å²) in [5.41, 5.74) is 1.19. The van der Waals surface area contributed by atoms with E-state index in [1.54, 1.807) is 47.4 Å². The van der Waals surface area contributed by atoms with Crippen LogP contribution in [0, 0.1) is 0 Å². The minimum atomic E-state index is -0.104. The largest absolute Gasteiger partial charge is 0.486 e. The average molecular weight is 416 g/mol. The molecule has 2 aliphatic heterocycles. The van der Waals surface area contributed by atoms with Crippen LogP contribution in [0.25, 0.3) is 0 Å². The van der Waals surface area contributed by atoms with Crippen molar-refractivity contribution in [2.24, 2.45) is 0 Å². The molecule has 4 rings (SSSR count). The number of hydrogen-bond acceptors (Lipinski definition) is 5. The van der Waals surface area contributed by atoms with Crippen molar-refractivity contribution >= 4 is 29.1 Å². The van der Waals surface area contributed by atoms with E-state index in [-0.39, 0.29) is 18.4 Å². The van der Waals surface area contributed by atoms with Crippen LogP contribution < -0.4 is 14.8 Å². The second-order valence-corrected chi connectivity index (χ2v) is 7.36. The molecular formula is C21H22ClN3O4. The van der Waals surface area contributed by atoms with E-state index < -0.39 is 0 Å². The monoisotopic (exact) mass is 415 g/mol. The molecule has 2 aromatic rings. The number of benzene rings is 2. The fraction of sp³-hybridized carbons (Fsp3) is 0.333. The summed E-state index contributed by atoms with van der Waals surface area (Å²) in [5.74, 6) is 1.15. The summed E-state index contributed by atoms with van der Waals surface area (Å²) in [7, 11) is 0. The molecule has 0 aliphatic carbocycles. The van der Waals surface area contributed by atoms with Crippen molar-refractivity contribution in [3.63, 3.8) is 0 Å². The Balaban J connectivity index is 1.28. The number of nitrogens with one attached hydrogen (secondary N) is 1. The van der Waals surface area contributed by atoms with Crippen molar-refractivity contribution in [2.75, 3.05) is 51.3 Å². The minimum absolute atomic E-state index is 0.0732. The molecule has 2 aliphatic rings. The van der Waals surface area contributed by atoms with Gasteiger partial charge in [0.25, 0.3) is 5.91 Å². The quantitative estimate of drug-likeness (QED) is 0.830. The van der Waals surface area contributed by atoms with Gasteiger partial charge in [-0.3, -0.25) is 14.5 Å². The topological polar surface area (TPSA) is 71.1 Å². The molecule has 0 atom stereocenters. The van der Waals surface area contributed by atoms with Gasteiger partial charge in [0.05, 0.1) is 17.1 Å². The van der Waals surface area contributed by atoms with Gasteiger partial charge in [0.1, 0.15) is 13.2 Å². The van der Waals surface area contributed by atoms with Gasteiger partial charge >= 0.3 is 0 Å². The minimum Gasteiger partial charge on any atom is -0.486 e. The maximum absolute atomic E-state index is 12.6. The van der Waals surface area contributed by atoms with Crippen LogP contribution in [0.15, 0.2) is 42.5 Å². The lowest BCUT2D eigenvalue weighted by molar-refractivity contribution is -0.117. The maximum Gasteiger partial charge on any atom is 0.255 e. The molecule has 152 valence electrons. The number of amides is 2. The van der Waals surface area contributed by atoms with Crippen LogP contribution in [0.2, 0.25) is 5.02 Å². The summed E-state index contributed by atoms with van der Waals surface area (Å²) in [6, 6.07) is 12.4. The Kier molecular flexibility index (Phi) is 5.87. The lowest BCUT2D eigenvalue weighted by atomic mass is 10.2. The van der Waals surface area contributed by atoms with E-state index in [9.17, 15) is 9.59 Å². The summed E-state index contributed by atoms with van der Waals surface area (Å²) in [6.45, 7) is 3.67. The van der Waals surface area contributed by atoms with Gasteiger partial charge in [-0.15, -0.1) is 0 Å². The fourth-order valence-corrected chi connectivity index (χ4v) is 3.66. The third kappa shape index (κ3) is 4.63. The van der Waals surface area contributed by atoms with Crippen LogP contribution in [0.3, 0.4) is 0 Å². The van der Waals surface area contributed by atoms with Gasteiger partial charge in [0.15, 0.2) is 11.5 Å². The number of fused-ring (bicyclic) bond motifs is 1. The molecule has 0 bridgehead atoms. The number of carbonyl (C=O) groups excluding carboxylic acids is 2. The third-order valence-electron chi connectivity index (χ3n) is 4.96. The first-order valence-electron chi connectivity index (χ1n) is 9.56. The highest BCUT2D eigenvalue weighted by molar-refractivity contribution is 6.33. The highest BCUT2D eigenvalue weighted by Crippen LogP contribution is 2.32. The number of carbonyl (C=O) groups is 2. The number of nitrogens with zero attached hydrogens (tertiary/aromatic N) is 2. The number of ether oxygens (including phenoxy) is 2. The Hall–Kier alpha value is -2.77. The van der Waals surface area contributed by atoms with Crippen LogP contribution in [-0.2, 0) is 4.79 Å². The van der Waals surface area contributed by atoms with E-state index in [1.165, 1.54) is 0 Å². The van der Waals surface area contributed by atoms with Gasteiger partial charge in [-0.2, -0.15) is 0 Å². The second-order valence-electron chi connectivity index (χ2n) is 6.95. The van der Waals surface area contributed by atoms with Crippen LogP contribution in [0.5, 0.6) is 11.5 Å². The van der Waals surface area contributed by atoms with Crippen LogP contribution >= 0.6 is 11.6 Å². The number of hydrogen-bond donors (Lipinski definition) is 1. The highest BCUT2D eigenvalue weighted by atomic mass is 35.5. The predicted octanol–water partition coefficient (Wildman–Crippen LogP) is 2.51. The summed E-state index contributed by atoms with van der Waals surface area (Å²) in [4.78, 5) is 28.8. The van der Waals surface area contributed by atoms with Gasteiger partial charge < -0.3 is 19.7 Å². The van der Waals surface area contributed by atoms with E-state index >= 15 is 0 Å². The highest BCUT2D eigenvalue weighted by Gasteiger charge is 2.24. The molecule has 29 heavy (non-hydrogen) atoms. The zero-order chi connectivity index (χ0) is 20.2. The van der Waals surface area contributed by atoms with E-state index in [0.717, 1.165) is 0 Å². The van der Waals surface area contributed by atoms with Crippen molar-refractivity contribution in [1.29, 1.82) is 0 Å². The average Bonchev–Trinajstić information content (AvgIpc) is 2.74. The Morgan fingerprint density at radius 1 is 0.966 bits per heavy atom. The van der Waals surface area contributed by atoms with Crippen molar-refractivity contribution < 1.29 is 19.1 Å². The molecule has 1 N–H and O–H groups in total. The first-order chi connectivity index (χ1) is 14.1. The van der Waals surface area contributed by atoms with Crippen molar-refractivity contribution in [1.82, 2.24) is 9.80 Å². The molecule has 0 unspecified atom stereocenters. The number of anilines is 1. The molecule has 8 heteroatoms. The third-order valence-corrected chi connectivity index (χ3v) is 5.29. The molecule has 2 aromatic carbocycles. The normalized spacial score (nSPS) is 16.4. The predicted molar refractivity (Wildman–Crippen MR) is 110 cm³/mol. The second kappa shape index (κ2) is 8.71. The molecule has 0 spiro atoms. The van der Waals surface area contributed by atoms with E-state index in [1.807, 2.05) is 4.90 Å². The summed E-state index contributed by atoms with van der Waals surface area (Å²) < 4.78 is 11.0. The molecular weight excluding hydrogens is 394 g/mol. The standard InChI is InChI=1S/C21H22ClN3O4/c22-17-4-2-1-3-16(17)21(27)25-9-7-24(8-10-25)14-20(26)23-15-5-6-18-19(13-15)29-12-11-28-18/h1-6,13H,7-12,14H2,(H,23,26). The number of rotatable bonds is 4. The van der Waals surface area contributed by atoms with Gasteiger partial charge in [0, 0.05) is 37.9 Å². The number of halogens is 1. The Morgan fingerprint density at radius 3 is 2.45 bits per heavy atom. The van der Waals surface area contributed by atoms with Crippen LogP contribution in [0.4, 0.5) is 5.69 Å². The SMILES string of the molecule is O=C(CN1CCN(C(=O)c2ccccc2Cl)CC1)Nc1ccc2c(c1)OCCO2. The van der Waals surface area contributed by atoms with Gasteiger partial charge in [0.2, 0.25) is 5.91 Å². The molecule has 0 radical (unpaired) electrons. The Bertz CT molecular complexity index is 913. The first-order valence-corrected chi connectivity index (χ1v) is 9.93. The zero-order valence-corrected chi connectivity index (χ0v) is 16.7. The van der Waals surface area contributed by atoms with Crippen LogP contribution in [-0.4, -0.2) is 67.6 Å². The lowest BCUT2D eigenvalue weighted by Gasteiger charge is -2.34. The molecule has 0 saturated carbocycles. The van der Waals surface area contributed by atoms with Gasteiger partial charge in [-0.25, -0.2) is 0 Å². The Morgan fingerprint density at radius 2 is 1.69 bits per heavy atom. The summed E-state index contributed by atoms with van der Waals surface area (Å²) in [5, 5.41) is 3.35. The molecule has 1 fully saturated rings. The molecule has 2 heterocycles. The first kappa shape index (κ1) is 19.5. The Labute approximate surface area is 174 Å². The van der Waals surface area contributed by atoms with Gasteiger partial charge in [-0.05, 0) is 24.3 Å². The lowest BCUT2D eigenvalue weighted by Crippen LogP contribution is -2.50. The molecule has 0 aromatic heterocycles. The van der Waals surface area contributed by atoms with E-state index in [0.29, 0.717) is 67.2 Å². The van der Waals surface area contributed by atoms with Crippen LogP contribution in [0.1, 0.15) is 10.4 Å². The van der Waals surface area contributed by atoms with E-state index in [2.05, 4.69) is 5.32 Å².